The second kappa shape index (κ2) is 17.9. The summed E-state index contributed by atoms with van der Waals surface area (Å²) >= 11 is 0. The smallest absolute Gasteiger partial charge is 0.256 e. The van der Waals surface area contributed by atoms with Crippen LogP contribution in [0.15, 0.2) is 158 Å². The van der Waals surface area contributed by atoms with Crippen molar-refractivity contribution in [3.63, 3.8) is 0 Å². The van der Waals surface area contributed by atoms with Gasteiger partial charge in [-0.05, 0) is 210 Å². The highest BCUT2D eigenvalue weighted by Crippen LogP contribution is 2.49. The molecule has 0 aliphatic carbocycles. The number of hydrogen-bond donors (Lipinski definition) is 0. The maximum absolute atomic E-state index is 7.54. The molecule has 0 radical (unpaired) electrons. The van der Waals surface area contributed by atoms with E-state index in [1.807, 2.05) is 0 Å². The minimum Gasteiger partial charge on any atom is -0.458 e. The van der Waals surface area contributed by atoms with Gasteiger partial charge in [-0.25, -0.2) is 0 Å². The number of hydrogen-bond acceptors (Lipinski definition) is 4. The van der Waals surface area contributed by atoms with Crippen LogP contribution in [0, 0.1) is 27.7 Å². The Morgan fingerprint density at radius 2 is 0.650 bits per heavy atom. The lowest BCUT2D eigenvalue weighted by atomic mass is 9.31. The van der Waals surface area contributed by atoms with Crippen molar-refractivity contribution in [2.75, 3.05) is 9.80 Å². The number of anilines is 6. The molecular weight excluding hydrogens is 970 g/mol. The Balaban J connectivity index is 1.09. The van der Waals surface area contributed by atoms with Gasteiger partial charge in [0.1, 0.15) is 23.0 Å². The highest BCUT2D eigenvalue weighted by Gasteiger charge is 2.48. The van der Waals surface area contributed by atoms with Gasteiger partial charge in [-0.1, -0.05) is 174 Å². The maximum atomic E-state index is 7.54. The van der Waals surface area contributed by atoms with Crippen molar-refractivity contribution in [3.8, 4) is 45.3 Å². The summed E-state index contributed by atoms with van der Waals surface area (Å²) in [6.45, 7) is 36.4. The van der Waals surface area contributed by atoms with E-state index in [2.05, 4.69) is 278 Å². The molecule has 0 fully saturated rings. The van der Waals surface area contributed by atoms with E-state index in [0.717, 1.165) is 67.8 Å². The highest BCUT2D eigenvalue weighted by molar-refractivity contribution is 7.02. The van der Waals surface area contributed by atoms with Gasteiger partial charge in [-0.2, -0.15) is 0 Å². The molecule has 4 aliphatic rings. The van der Waals surface area contributed by atoms with E-state index in [1.54, 1.807) is 0 Å². The first kappa shape index (κ1) is 51.7. The lowest BCUT2D eigenvalue weighted by Gasteiger charge is -2.43. The Labute approximate surface area is 477 Å². The standard InChI is InChI=1S/C74H74B2N2O2/c1-43-19-17-20-44(2)67(43)47-35-61-69-65(37-47)79-63-42-64-58(41-57(63)75(69)55-39-51(73(11,12)13)27-33-59(55)77(61)53-29-23-49(24-30-53)71(5,6)7)76-56-40-52(74(14,15)16)28-34-60(56)78(54-31-25-50(26-32-54)72(8,9)10)62-36-48(38-66(80-64)70(62)76)68-45(3)21-18-22-46(68)4/h17-42H,1-16H3. The monoisotopic (exact) mass is 1040 g/mol. The summed E-state index contributed by atoms with van der Waals surface area (Å²) in [5, 5.41) is 0. The summed E-state index contributed by atoms with van der Waals surface area (Å²) in [4.78, 5) is 5.03. The predicted octanol–water partition coefficient (Wildman–Crippen LogP) is 16.3. The molecular formula is C74H74B2N2O2. The minimum absolute atomic E-state index is 0.0135. The predicted molar refractivity (Wildman–Crippen MR) is 343 cm³/mol. The van der Waals surface area contributed by atoms with Gasteiger partial charge in [-0.15, -0.1) is 0 Å². The molecule has 0 amide bonds. The fourth-order valence-electron chi connectivity index (χ4n) is 13.5. The summed E-state index contributed by atoms with van der Waals surface area (Å²) in [7, 11) is 0. The Kier molecular flexibility index (Phi) is 11.6. The van der Waals surface area contributed by atoms with E-state index in [1.165, 1.54) is 88.9 Å². The molecule has 6 heteroatoms. The van der Waals surface area contributed by atoms with Crippen LogP contribution in [0.4, 0.5) is 34.1 Å². The molecule has 0 atom stereocenters. The summed E-state index contributed by atoms with van der Waals surface area (Å²) in [5.41, 5.74) is 28.9. The van der Waals surface area contributed by atoms with Crippen molar-refractivity contribution in [1.29, 1.82) is 0 Å². The Hall–Kier alpha value is -7.69. The first-order chi connectivity index (χ1) is 37.8. The lowest BCUT2D eigenvalue weighted by molar-refractivity contribution is 0.466. The topological polar surface area (TPSA) is 24.9 Å². The van der Waals surface area contributed by atoms with Crippen molar-refractivity contribution in [2.45, 2.75) is 132 Å². The maximum Gasteiger partial charge on any atom is 0.256 e. The zero-order chi connectivity index (χ0) is 56.3. The van der Waals surface area contributed by atoms with Crippen LogP contribution < -0.4 is 52.1 Å². The van der Waals surface area contributed by atoms with Crippen molar-refractivity contribution >= 4 is 80.3 Å². The lowest BCUT2D eigenvalue weighted by Crippen LogP contribution is -2.63. The number of benzene rings is 9. The van der Waals surface area contributed by atoms with Gasteiger partial charge in [0.2, 0.25) is 0 Å². The molecule has 0 bridgehead atoms. The SMILES string of the molecule is Cc1cccc(C)c1-c1cc2c3c(c1)N(c1ccc(C(C)(C)C)cc1)c1ccc(C(C)(C)C)cc1B3c1cc3c(cc1O2)Oc1cc(-c2c(C)cccc2C)cc2c1B3c1cc(C(C)(C)C)ccc1N2c1ccc(C(C)(C)C)cc1. The molecule has 80 heavy (non-hydrogen) atoms. The van der Waals surface area contributed by atoms with Crippen molar-refractivity contribution in [3.05, 3.63) is 202 Å². The van der Waals surface area contributed by atoms with Crippen LogP contribution in [0.3, 0.4) is 0 Å². The number of ether oxygens (including phenoxy) is 2. The van der Waals surface area contributed by atoms with Crippen molar-refractivity contribution < 1.29 is 9.47 Å². The summed E-state index contributed by atoms with van der Waals surface area (Å²) in [5.74, 6) is 3.41. The van der Waals surface area contributed by atoms with Gasteiger partial charge in [0.05, 0.1) is 0 Å². The molecule has 4 nitrogen and oxygen atoms in total. The summed E-state index contributed by atoms with van der Waals surface area (Å²) < 4.78 is 15.1. The molecule has 4 aliphatic heterocycles. The summed E-state index contributed by atoms with van der Waals surface area (Å²) in [6, 6.07) is 60.5. The van der Waals surface area contributed by atoms with Gasteiger partial charge in [0.25, 0.3) is 13.4 Å². The number of rotatable bonds is 4. The molecule has 9 aromatic carbocycles. The first-order valence-electron chi connectivity index (χ1n) is 29.0. The van der Waals surface area contributed by atoms with Crippen LogP contribution in [0.5, 0.6) is 23.0 Å². The number of fused-ring (bicyclic) bond motifs is 8. The second-order valence-electron chi connectivity index (χ2n) is 27.7. The Bertz CT molecular complexity index is 3750. The third kappa shape index (κ3) is 8.25. The van der Waals surface area contributed by atoms with Crippen LogP contribution in [0.25, 0.3) is 22.3 Å². The van der Waals surface area contributed by atoms with E-state index >= 15 is 0 Å². The van der Waals surface area contributed by atoms with Gasteiger partial charge >= 0.3 is 0 Å². The van der Waals surface area contributed by atoms with Gasteiger partial charge < -0.3 is 19.3 Å². The highest BCUT2D eigenvalue weighted by atomic mass is 16.5. The van der Waals surface area contributed by atoms with Crippen LogP contribution in [0.2, 0.25) is 0 Å². The Morgan fingerprint density at radius 3 is 0.988 bits per heavy atom. The molecule has 9 aromatic rings. The zero-order valence-electron chi connectivity index (χ0n) is 49.9. The van der Waals surface area contributed by atoms with Crippen LogP contribution in [-0.4, -0.2) is 13.4 Å². The van der Waals surface area contributed by atoms with Gasteiger partial charge in [0.15, 0.2) is 0 Å². The molecule has 398 valence electrons. The van der Waals surface area contributed by atoms with E-state index < -0.39 is 0 Å². The van der Waals surface area contributed by atoms with Crippen molar-refractivity contribution in [2.24, 2.45) is 0 Å². The molecule has 0 aromatic heterocycles. The minimum atomic E-state index is -0.141. The first-order valence-corrected chi connectivity index (χ1v) is 29.0. The fraction of sp³-hybridized carbons (Fsp3) is 0.270. The molecule has 0 spiro atoms. The molecule has 13 rings (SSSR count). The van der Waals surface area contributed by atoms with Crippen molar-refractivity contribution in [1.82, 2.24) is 0 Å². The Morgan fingerprint density at radius 1 is 0.312 bits per heavy atom. The molecule has 0 saturated heterocycles. The third-order valence-corrected chi connectivity index (χ3v) is 17.9. The van der Waals surface area contributed by atoms with E-state index in [9.17, 15) is 0 Å². The number of aryl methyl sites for hydroxylation is 4. The van der Waals surface area contributed by atoms with Gasteiger partial charge in [0, 0.05) is 40.2 Å². The normalized spacial score (nSPS) is 14.1. The van der Waals surface area contributed by atoms with Crippen LogP contribution >= 0.6 is 0 Å². The average molecular weight is 1050 g/mol. The van der Waals surface area contributed by atoms with Gasteiger partial charge in [-0.3, -0.25) is 0 Å². The second-order valence-corrected chi connectivity index (χ2v) is 27.7. The van der Waals surface area contributed by atoms with E-state index in [-0.39, 0.29) is 35.1 Å². The third-order valence-electron chi connectivity index (χ3n) is 17.9. The molecule has 0 saturated carbocycles. The van der Waals surface area contributed by atoms with Crippen LogP contribution in [-0.2, 0) is 21.7 Å². The van der Waals surface area contributed by atoms with E-state index in [4.69, 9.17) is 9.47 Å². The quantitative estimate of drug-likeness (QED) is 0.164. The largest absolute Gasteiger partial charge is 0.458 e. The van der Waals surface area contributed by atoms with E-state index in [0.29, 0.717) is 0 Å². The number of nitrogens with zero attached hydrogens (tertiary/aromatic N) is 2. The summed E-state index contributed by atoms with van der Waals surface area (Å²) in [6.07, 6.45) is 0. The van der Waals surface area contributed by atoms with Crippen LogP contribution in [0.1, 0.15) is 128 Å². The fourth-order valence-corrected chi connectivity index (χ4v) is 13.5. The average Bonchev–Trinajstić information content (AvgIpc) is 3.42. The molecule has 0 unspecified atom stereocenters. The zero-order valence-corrected chi connectivity index (χ0v) is 49.9. The molecule has 0 N–H and O–H groups in total. The molecule has 4 heterocycles.